The van der Waals surface area contributed by atoms with Crippen molar-refractivity contribution in [2.45, 2.75) is 37.0 Å². The van der Waals surface area contributed by atoms with Gasteiger partial charge in [-0.15, -0.1) is 0 Å². The molecule has 1 unspecified atom stereocenters. The summed E-state index contributed by atoms with van der Waals surface area (Å²) in [5.41, 5.74) is 2.26. The highest BCUT2D eigenvalue weighted by Gasteiger charge is 2.24. The number of nitrogens with one attached hydrogen (secondary N) is 1. The van der Waals surface area contributed by atoms with E-state index in [1.807, 2.05) is 12.1 Å². The van der Waals surface area contributed by atoms with Crippen LogP contribution in [-0.4, -0.2) is 29.7 Å². The Morgan fingerprint density at radius 1 is 1.26 bits per heavy atom. The van der Waals surface area contributed by atoms with E-state index in [0.29, 0.717) is 4.90 Å². The maximum Gasteiger partial charge on any atom is 0.272 e. The predicted molar refractivity (Wildman–Crippen MR) is 95.4 cm³/mol. The molecule has 9 heteroatoms. The van der Waals surface area contributed by atoms with E-state index >= 15 is 0 Å². The number of nitrogens with zero attached hydrogens (tertiary/aromatic N) is 1. The molecule has 0 fully saturated rings. The lowest BCUT2D eigenvalue weighted by molar-refractivity contribution is 0.0770. The summed E-state index contributed by atoms with van der Waals surface area (Å²) >= 11 is -1.66. The first-order valence-electron chi connectivity index (χ1n) is 8.44. The number of pyridine rings is 1. The fraction of sp³-hybridized carbons (Fsp3) is 0.389. The molecule has 1 heterocycles. The average molecular weight is 400 g/mol. The van der Waals surface area contributed by atoms with Gasteiger partial charge < -0.3 is 14.0 Å². The maximum atomic E-state index is 14.1. The Bertz CT molecular complexity index is 808. The summed E-state index contributed by atoms with van der Waals surface area (Å²) in [5.74, 6) is -1.65. The van der Waals surface area contributed by atoms with Crippen LogP contribution < -0.4 is 14.2 Å². The van der Waals surface area contributed by atoms with Gasteiger partial charge in [0.2, 0.25) is 5.88 Å². The molecule has 0 saturated carbocycles. The molecule has 1 atom stereocenters. The number of benzene rings is 1. The van der Waals surface area contributed by atoms with Crippen molar-refractivity contribution in [1.29, 1.82) is 0 Å². The van der Waals surface area contributed by atoms with Gasteiger partial charge in [0.1, 0.15) is 17.0 Å². The Morgan fingerprint density at radius 2 is 2.04 bits per heavy atom. The molecule has 27 heavy (non-hydrogen) atoms. The van der Waals surface area contributed by atoms with Crippen molar-refractivity contribution in [3.63, 3.8) is 0 Å². The molecule has 1 aromatic heterocycles. The van der Waals surface area contributed by atoms with Gasteiger partial charge >= 0.3 is 0 Å². The van der Waals surface area contributed by atoms with E-state index in [0.717, 1.165) is 37.3 Å². The molecule has 0 aliphatic heterocycles. The average Bonchev–Trinajstić information content (AvgIpc) is 2.66. The summed E-state index contributed by atoms with van der Waals surface area (Å²) in [6.45, 7) is -0.984. The molecular weight excluding hydrogens is 381 g/mol. The molecule has 0 saturated heterocycles. The standard InChI is InChI=1S/C18H19F3N2O3S/c1-25-18-14(9-13(19)17(22-18)26-10-16(20)21)23-27(24)15-8-4-6-11-5-2-3-7-12(11)15/h4,6,8-9,16,23H,2-3,5,7,10H2,1H3. The van der Waals surface area contributed by atoms with Crippen LogP contribution >= 0.6 is 0 Å². The highest BCUT2D eigenvalue weighted by molar-refractivity contribution is 7.92. The van der Waals surface area contributed by atoms with Crippen molar-refractivity contribution < 1.29 is 27.2 Å². The van der Waals surface area contributed by atoms with Gasteiger partial charge in [-0.25, -0.2) is 13.2 Å². The quantitative estimate of drug-likeness (QED) is 0.715. The summed E-state index contributed by atoms with van der Waals surface area (Å²) in [5, 5.41) is 0. The van der Waals surface area contributed by atoms with Crippen LogP contribution in [0.4, 0.5) is 18.9 Å². The van der Waals surface area contributed by atoms with Crippen molar-refractivity contribution in [2.24, 2.45) is 0 Å². The molecule has 0 amide bonds. The summed E-state index contributed by atoms with van der Waals surface area (Å²) in [6, 6.07) is 6.60. The van der Waals surface area contributed by atoms with E-state index in [9.17, 15) is 17.7 Å². The molecule has 1 aromatic carbocycles. The Hall–Kier alpha value is -2.13. The third-order valence-corrected chi connectivity index (χ3v) is 5.39. The second-order valence-electron chi connectivity index (χ2n) is 6.01. The van der Waals surface area contributed by atoms with Crippen LogP contribution in [0.1, 0.15) is 24.0 Å². The van der Waals surface area contributed by atoms with Gasteiger partial charge in [-0.3, -0.25) is 0 Å². The van der Waals surface area contributed by atoms with Crippen LogP contribution in [0.3, 0.4) is 0 Å². The topological polar surface area (TPSA) is 66.4 Å². The van der Waals surface area contributed by atoms with Crippen molar-refractivity contribution in [3.05, 3.63) is 41.2 Å². The van der Waals surface area contributed by atoms with Gasteiger partial charge in [-0.05, 0) is 37.3 Å². The summed E-state index contributed by atoms with van der Waals surface area (Å²) in [4.78, 5) is 4.38. The van der Waals surface area contributed by atoms with Crippen molar-refractivity contribution in [3.8, 4) is 11.8 Å². The zero-order valence-corrected chi connectivity index (χ0v) is 15.5. The molecule has 2 aromatic rings. The Morgan fingerprint density at radius 3 is 2.78 bits per heavy atom. The summed E-state index contributed by atoms with van der Waals surface area (Å²) < 4.78 is 63.8. The minimum absolute atomic E-state index is 0.0474. The number of methoxy groups -OCH3 is 1. The fourth-order valence-corrected chi connectivity index (χ4v) is 4.12. The minimum Gasteiger partial charge on any atom is -0.588 e. The predicted octanol–water partition coefficient (Wildman–Crippen LogP) is 3.89. The van der Waals surface area contributed by atoms with E-state index in [-0.39, 0.29) is 11.6 Å². The Balaban J connectivity index is 1.83. The molecule has 0 bridgehead atoms. The van der Waals surface area contributed by atoms with Gasteiger partial charge in [0.25, 0.3) is 12.3 Å². The van der Waals surface area contributed by atoms with Gasteiger partial charge in [-0.1, -0.05) is 12.1 Å². The molecule has 0 radical (unpaired) electrons. The number of anilines is 1. The van der Waals surface area contributed by atoms with Crippen LogP contribution in [0, 0.1) is 5.82 Å². The third kappa shape index (κ3) is 4.59. The zero-order valence-electron chi connectivity index (χ0n) is 14.6. The third-order valence-electron chi connectivity index (χ3n) is 4.20. The van der Waals surface area contributed by atoms with Crippen molar-refractivity contribution in [2.75, 3.05) is 18.4 Å². The number of aryl methyl sites for hydroxylation is 1. The van der Waals surface area contributed by atoms with Gasteiger partial charge in [-0.2, -0.15) is 9.71 Å². The first kappa shape index (κ1) is 19.6. The van der Waals surface area contributed by atoms with E-state index in [1.54, 1.807) is 6.07 Å². The molecule has 1 aliphatic rings. The fourth-order valence-electron chi connectivity index (χ4n) is 3.00. The number of hydrogen-bond donors (Lipinski definition) is 1. The van der Waals surface area contributed by atoms with E-state index < -0.39 is 36.1 Å². The molecular formula is C18H19F3N2O3S. The number of rotatable bonds is 7. The van der Waals surface area contributed by atoms with Gasteiger partial charge in [0.05, 0.1) is 7.11 Å². The molecule has 0 spiro atoms. The van der Waals surface area contributed by atoms with E-state index in [1.165, 1.54) is 12.7 Å². The van der Waals surface area contributed by atoms with Crippen molar-refractivity contribution >= 4 is 17.0 Å². The first-order chi connectivity index (χ1) is 13.0. The number of hydrogen-bond acceptors (Lipinski definition) is 5. The second-order valence-corrected chi connectivity index (χ2v) is 7.19. The van der Waals surface area contributed by atoms with E-state index in [4.69, 9.17) is 4.74 Å². The Kier molecular flexibility index (Phi) is 6.33. The number of alkyl halides is 2. The zero-order chi connectivity index (χ0) is 19.4. The lowest BCUT2D eigenvalue weighted by atomic mass is 9.92. The molecule has 3 rings (SSSR count). The van der Waals surface area contributed by atoms with Gasteiger partial charge in [0, 0.05) is 11.6 Å². The van der Waals surface area contributed by atoms with Crippen LogP contribution in [0.15, 0.2) is 29.2 Å². The largest absolute Gasteiger partial charge is 0.588 e. The highest BCUT2D eigenvalue weighted by Crippen LogP contribution is 2.32. The first-order valence-corrected chi connectivity index (χ1v) is 9.59. The molecule has 146 valence electrons. The van der Waals surface area contributed by atoms with Crippen LogP contribution in [0.5, 0.6) is 11.8 Å². The summed E-state index contributed by atoms with van der Waals surface area (Å²) in [7, 11) is 1.29. The highest BCUT2D eigenvalue weighted by atomic mass is 32.2. The minimum atomic E-state index is -2.76. The van der Waals surface area contributed by atoms with E-state index in [2.05, 4.69) is 14.4 Å². The second kappa shape index (κ2) is 8.71. The monoisotopic (exact) mass is 400 g/mol. The van der Waals surface area contributed by atoms with Gasteiger partial charge in [0.15, 0.2) is 17.3 Å². The van der Waals surface area contributed by atoms with Crippen LogP contribution in [-0.2, 0) is 24.2 Å². The number of fused-ring (bicyclic) bond motifs is 1. The smallest absolute Gasteiger partial charge is 0.272 e. The maximum absolute atomic E-state index is 14.1. The van der Waals surface area contributed by atoms with Crippen LogP contribution in [0.2, 0.25) is 0 Å². The SMILES string of the molecule is COc1nc(OCC(F)F)c(F)cc1N[S+]([O-])c1cccc2c1CCCC2. The lowest BCUT2D eigenvalue weighted by Gasteiger charge is -2.20. The molecule has 1 N–H and O–H groups in total. The lowest BCUT2D eigenvalue weighted by Crippen LogP contribution is -2.18. The number of halogens is 3. The van der Waals surface area contributed by atoms with Crippen LogP contribution in [0.25, 0.3) is 0 Å². The summed E-state index contributed by atoms with van der Waals surface area (Å²) in [6.07, 6.45) is 1.14. The normalized spacial score (nSPS) is 14.6. The van der Waals surface area contributed by atoms with Crippen molar-refractivity contribution in [1.82, 2.24) is 4.98 Å². The Labute approximate surface area is 158 Å². The molecule has 5 nitrogen and oxygen atoms in total. The number of ether oxygens (including phenoxy) is 2. The number of aromatic nitrogens is 1. The molecule has 1 aliphatic carbocycles.